The number of amides is 1. The molecule has 0 fully saturated rings. The Labute approximate surface area is 184 Å². The molecule has 2 atom stereocenters. The lowest BCUT2D eigenvalue weighted by Crippen LogP contribution is -2.42. The lowest BCUT2D eigenvalue weighted by molar-refractivity contribution is -0.143. The van der Waals surface area contributed by atoms with E-state index in [1.165, 1.54) is 7.11 Å². The fraction of sp³-hybridized carbons (Fsp3) is 0.391. The van der Waals surface area contributed by atoms with Gasteiger partial charge in [-0.3, -0.25) is 4.79 Å². The molecule has 2 aromatic carbocycles. The van der Waals surface area contributed by atoms with Crippen LogP contribution in [0.25, 0.3) is 11.1 Å². The predicted molar refractivity (Wildman–Crippen MR) is 125 cm³/mol. The van der Waals surface area contributed by atoms with Crippen molar-refractivity contribution in [1.82, 2.24) is 5.32 Å². The van der Waals surface area contributed by atoms with Gasteiger partial charge in [0.05, 0.1) is 7.11 Å². The van der Waals surface area contributed by atoms with Crippen LogP contribution < -0.4 is 16.4 Å². The van der Waals surface area contributed by atoms with Crippen LogP contribution in [0, 0.1) is 5.92 Å². The van der Waals surface area contributed by atoms with Gasteiger partial charge >= 0.3 is 5.97 Å². The van der Waals surface area contributed by atoms with Crippen molar-refractivity contribution in [2.75, 3.05) is 24.7 Å². The first-order chi connectivity index (χ1) is 14.3. The number of carbonyl (C=O) groups excluding carboxylic acids is 2. The van der Waals surface area contributed by atoms with Crippen molar-refractivity contribution in [2.24, 2.45) is 11.7 Å². The van der Waals surface area contributed by atoms with Gasteiger partial charge in [0.1, 0.15) is 6.04 Å². The maximum absolute atomic E-state index is 13.1. The number of rotatable bonds is 10. The molecule has 0 spiro atoms. The molecule has 0 saturated carbocycles. The Bertz CT molecular complexity index is 843. The van der Waals surface area contributed by atoms with Gasteiger partial charge in [0, 0.05) is 29.6 Å². The maximum atomic E-state index is 13.1. The number of nitrogens with one attached hydrogen (secondary N) is 2. The minimum Gasteiger partial charge on any atom is -0.467 e. The molecule has 0 aliphatic heterocycles. The molecule has 30 heavy (non-hydrogen) atoms. The number of ether oxygens (including phenoxy) is 1. The van der Waals surface area contributed by atoms with Gasteiger partial charge in [-0.15, -0.1) is 0 Å². The Balaban J connectivity index is 2.35. The normalized spacial score (nSPS) is 12.9. The van der Waals surface area contributed by atoms with Crippen LogP contribution in [0.3, 0.4) is 0 Å². The number of hydrogen-bond donors (Lipinski definition) is 4. The second-order valence-electron chi connectivity index (χ2n) is 7.63. The van der Waals surface area contributed by atoms with Crippen molar-refractivity contribution in [2.45, 2.75) is 32.4 Å². The molecule has 1 amide bonds. The first-order valence-electron chi connectivity index (χ1n) is 10.0. The number of anilines is 1. The number of hydrogen-bond acceptors (Lipinski definition) is 6. The average molecular weight is 430 g/mol. The quantitative estimate of drug-likeness (QED) is 0.343. The minimum absolute atomic E-state index is 0.0756. The van der Waals surface area contributed by atoms with Gasteiger partial charge in [0.2, 0.25) is 0 Å². The highest BCUT2D eigenvalue weighted by molar-refractivity contribution is 7.80. The molecule has 0 aliphatic carbocycles. The first kappa shape index (κ1) is 23.8. The zero-order valence-corrected chi connectivity index (χ0v) is 18.6. The summed E-state index contributed by atoms with van der Waals surface area (Å²) in [5, 5.41) is 6.13. The number of carbonyl (C=O) groups is 2. The summed E-state index contributed by atoms with van der Waals surface area (Å²) >= 11 is 4.21. The molecule has 0 aromatic heterocycles. The fourth-order valence-corrected chi connectivity index (χ4v) is 3.22. The van der Waals surface area contributed by atoms with E-state index in [4.69, 9.17) is 10.5 Å². The second-order valence-corrected chi connectivity index (χ2v) is 7.99. The van der Waals surface area contributed by atoms with E-state index >= 15 is 0 Å². The summed E-state index contributed by atoms with van der Waals surface area (Å²) in [4.78, 5) is 25.2. The minimum atomic E-state index is -0.697. The number of esters is 1. The molecule has 6 nitrogen and oxygen atoms in total. The Morgan fingerprint density at radius 2 is 1.83 bits per heavy atom. The van der Waals surface area contributed by atoms with E-state index < -0.39 is 12.0 Å². The van der Waals surface area contributed by atoms with Gasteiger partial charge in [0.25, 0.3) is 5.91 Å². The third kappa shape index (κ3) is 6.78. The summed E-state index contributed by atoms with van der Waals surface area (Å²) in [7, 11) is 1.33. The third-order valence-corrected chi connectivity index (χ3v) is 5.12. The summed E-state index contributed by atoms with van der Waals surface area (Å²) in [5.74, 6) is 0.0375. The molecule has 4 N–H and O–H groups in total. The van der Waals surface area contributed by atoms with Crippen molar-refractivity contribution >= 4 is 30.2 Å². The number of thiol groups is 1. The molecule has 0 heterocycles. The zero-order valence-electron chi connectivity index (χ0n) is 17.7. The molecule has 0 bridgehead atoms. The molecule has 0 aliphatic rings. The van der Waals surface area contributed by atoms with Crippen LogP contribution in [-0.4, -0.2) is 43.4 Å². The van der Waals surface area contributed by atoms with Crippen molar-refractivity contribution in [3.05, 3.63) is 54.1 Å². The number of benzene rings is 2. The van der Waals surface area contributed by atoms with Crippen LogP contribution in [0.2, 0.25) is 0 Å². The van der Waals surface area contributed by atoms with Crippen LogP contribution in [0.4, 0.5) is 5.69 Å². The highest BCUT2D eigenvalue weighted by Crippen LogP contribution is 2.27. The van der Waals surface area contributed by atoms with Gasteiger partial charge in [0.15, 0.2) is 0 Å². The largest absolute Gasteiger partial charge is 0.467 e. The number of nitrogens with two attached hydrogens (primary N) is 1. The van der Waals surface area contributed by atoms with Crippen LogP contribution in [0.15, 0.2) is 48.5 Å². The predicted octanol–water partition coefficient (Wildman–Crippen LogP) is 3.34. The Kier molecular flexibility index (Phi) is 9.20. The highest BCUT2D eigenvalue weighted by Gasteiger charge is 2.24. The van der Waals surface area contributed by atoms with E-state index in [-0.39, 0.29) is 17.9 Å². The maximum Gasteiger partial charge on any atom is 0.328 e. The van der Waals surface area contributed by atoms with Crippen molar-refractivity contribution in [1.29, 1.82) is 0 Å². The topological polar surface area (TPSA) is 93.4 Å². The van der Waals surface area contributed by atoms with Gasteiger partial charge < -0.3 is 21.1 Å². The molecule has 2 rings (SSSR count). The van der Waals surface area contributed by atoms with Gasteiger partial charge in [-0.25, -0.2) is 4.79 Å². The van der Waals surface area contributed by atoms with Gasteiger partial charge in [-0.2, -0.15) is 12.6 Å². The van der Waals surface area contributed by atoms with Crippen molar-refractivity contribution in [3.63, 3.8) is 0 Å². The molecular formula is C23H31N3O3S. The fourth-order valence-electron chi connectivity index (χ4n) is 3.09. The highest BCUT2D eigenvalue weighted by atomic mass is 32.1. The molecule has 0 unspecified atom stereocenters. The molecule has 162 valence electrons. The van der Waals surface area contributed by atoms with E-state index in [1.54, 1.807) is 6.07 Å². The van der Waals surface area contributed by atoms with E-state index in [9.17, 15) is 9.59 Å². The van der Waals surface area contributed by atoms with E-state index in [0.717, 1.165) is 16.8 Å². The Hall–Kier alpha value is -2.51. The average Bonchev–Trinajstić information content (AvgIpc) is 2.76. The van der Waals surface area contributed by atoms with Crippen LogP contribution in [-0.2, 0) is 9.53 Å². The standard InChI is InChI=1S/C23H31N3O3S/c1-15(2)11-21(23(28)29-3)26-22(27)19-10-9-18(25-13-17(24)14-30)12-20(19)16-7-5-4-6-8-16/h4-10,12,15,17,21,25,30H,11,13-14,24H2,1-3H3,(H,26,27)/t17-,21-/m1/s1. The van der Waals surface area contributed by atoms with Crippen LogP contribution in [0.1, 0.15) is 30.6 Å². The van der Waals surface area contributed by atoms with Gasteiger partial charge in [-0.05, 0) is 41.7 Å². The summed E-state index contributed by atoms with van der Waals surface area (Å²) in [6.45, 7) is 4.56. The summed E-state index contributed by atoms with van der Waals surface area (Å²) in [6.07, 6.45) is 0.500. The van der Waals surface area contributed by atoms with E-state index in [2.05, 4.69) is 23.3 Å². The lowest BCUT2D eigenvalue weighted by atomic mass is 9.97. The Morgan fingerprint density at radius 3 is 2.43 bits per heavy atom. The summed E-state index contributed by atoms with van der Waals surface area (Å²) in [5.41, 5.74) is 8.96. The smallest absolute Gasteiger partial charge is 0.328 e. The van der Waals surface area contributed by atoms with Crippen LogP contribution >= 0.6 is 12.6 Å². The molecular weight excluding hydrogens is 398 g/mol. The van der Waals surface area contributed by atoms with Crippen molar-refractivity contribution in [3.8, 4) is 11.1 Å². The zero-order chi connectivity index (χ0) is 22.1. The third-order valence-electron chi connectivity index (χ3n) is 4.65. The number of methoxy groups -OCH3 is 1. The SMILES string of the molecule is COC(=O)[C@@H](CC(C)C)NC(=O)c1ccc(NC[C@@H](N)CS)cc1-c1ccccc1. The molecule has 7 heteroatoms. The molecule has 0 saturated heterocycles. The molecule has 0 radical (unpaired) electrons. The second kappa shape index (κ2) is 11.6. The monoisotopic (exact) mass is 429 g/mol. The molecule has 2 aromatic rings. The summed E-state index contributed by atoms with van der Waals surface area (Å²) < 4.78 is 4.87. The van der Waals surface area contributed by atoms with E-state index in [0.29, 0.717) is 24.3 Å². The Morgan fingerprint density at radius 1 is 1.13 bits per heavy atom. The van der Waals surface area contributed by atoms with E-state index in [1.807, 2.05) is 56.3 Å². The van der Waals surface area contributed by atoms with Gasteiger partial charge in [-0.1, -0.05) is 44.2 Å². The summed E-state index contributed by atoms with van der Waals surface area (Å²) in [6, 6.07) is 14.4. The van der Waals surface area contributed by atoms with Crippen LogP contribution in [0.5, 0.6) is 0 Å². The lowest BCUT2D eigenvalue weighted by Gasteiger charge is -2.20. The first-order valence-corrected chi connectivity index (χ1v) is 10.7. The van der Waals surface area contributed by atoms with Crippen molar-refractivity contribution < 1.29 is 14.3 Å².